The van der Waals surface area contributed by atoms with Gasteiger partial charge in [-0.1, -0.05) is 12.6 Å². The van der Waals surface area contributed by atoms with Crippen molar-refractivity contribution >= 4 is 23.7 Å². The van der Waals surface area contributed by atoms with Gasteiger partial charge in [-0.2, -0.15) is 0 Å². The lowest BCUT2D eigenvalue weighted by Crippen LogP contribution is -2.51. The van der Waals surface area contributed by atoms with Crippen LogP contribution in [0.3, 0.4) is 0 Å². The van der Waals surface area contributed by atoms with Gasteiger partial charge < -0.3 is 14.8 Å². The maximum absolute atomic E-state index is 12.8. The first-order chi connectivity index (χ1) is 11.9. The van der Waals surface area contributed by atoms with Crippen LogP contribution < -0.4 is 10.1 Å². The molecule has 25 heavy (non-hydrogen) atoms. The van der Waals surface area contributed by atoms with E-state index in [0.29, 0.717) is 18.5 Å². The Morgan fingerprint density at radius 2 is 2.08 bits per heavy atom. The Kier molecular flexibility index (Phi) is 4.26. The van der Waals surface area contributed by atoms with Crippen molar-refractivity contribution in [2.75, 3.05) is 13.7 Å². The predicted octanol–water partition coefficient (Wildman–Crippen LogP) is 0.627. The molecule has 3 rings (SSSR count). The van der Waals surface area contributed by atoms with E-state index in [1.54, 1.807) is 6.07 Å². The predicted molar refractivity (Wildman–Crippen MR) is 84.8 cm³/mol. The topological polar surface area (TPSA) is 102 Å². The van der Waals surface area contributed by atoms with Crippen LogP contribution in [0.15, 0.2) is 30.5 Å². The van der Waals surface area contributed by atoms with Crippen LogP contribution >= 0.6 is 0 Å². The molecule has 1 aromatic rings. The number of allylic oxidation sites excluding steroid dienone is 1. The van der Waals surface area contributed by atoms with Gasteiger partial charge in [-0.3, -0.25) is 19.3 Å². The summed E-state index contributed by atoms with van der Waals surface area (Å²) in [5, 5.41) is 2.56. The molecule has 1 atom stereocenters. The second-order valence-corrected chi connectivity index (χ2v) is 5.67. The van der Waals surface area contributed by atoms with Crippen molar-refractivity contribution < 1.29 is 28.7 Å². The average Bonchev–Trinajstić information content (AvgIpc) is 2.85. The highest BCUT2D eigenvalue weighted by Crippen LogP contribution is 2.33. The number of hydrogen-bond acceptors (Lipinski definition) is 6. The zero-order chi connectivity index (χ0) is 18.1. The number of piperidine rings is 1. The zero-order valence-corrected chi connectivity index (χ0v) is 13.5. The third-order valence-corrected chi connectivity index (χ3v) is 4.12. The third kappa shape index (κ3) is 2.86. The van der Waals surface area contributed by atoms with Gasteiger partial charge in [0.25, 0.3) is 11.8 Å². The largest absolute Gasteiger partial charge is 0.481 e. The van der Waals surface area contributed by atoms with Gasteiger partial charge in [0.15, 0.2) is 6.61 Å². The number of ether oxygens (including phenoxy) is 2. The van der Waals surface area contributed by atoms with E-state index in [2.05, 4.69) is 16.6 Å². The number of benzene rings is 1. The minimum absolute atomic E-state index is 0.0496. The summed E-state index contributed by atoms with van der Waals surface area (Å²) in [5.41, 5.74) is 0.748. The second kappa shape index (κ2) is 6.39. The van der Waals surface area contributed by atoms with Crippen molar-refractivity contribution in [3.63, 3.8) is 0 Å². The SMILES string of the molecule is C=C1CCC(N2C(=O)c3cccc(OCC(=O)OC)c3C2=O)C(=O)N1. The summed E-state index contributed by atoms with van der Waals surface area (Å²) in [6.45, 7) is 3.29. The van der Waals surface area contributed by atoms with Crippen molar-refractivity contribution in [1.29, 1.82) is 0 Å². The molecule has 130 valence electrons. The first-order valence-corrected chi connectivity index (χ1v) is 7.63. The number of nitrogens with zero attached hydrogens (tertiary/aromatic N) is 1. The third-order valence-electron chi connectivity index (χ3n) is 4.12. The normalized spacial score (nSPS) is 19.6. The molecule has 1 fully saturated rings. The van der Waals surface area contributed by atoms with Crippen LogP contribution in [0, 0.1) is 0 Å². The summed E-state index contributed by atoms with van der Waals surface area (Å²) in [6.07, 6.45) is 0.796. The Labute approximate surface area is 143 Å². The molecule has 2 aliphatic heterocycles. The fourth-order valence-electron chi connectivity index (χ4n) is 2.88. The second-order valence-electron chi connectivity index (χ2n) is 5.67. The van der Waals surface area contributed by atoms with Crippen LogP contribution in [-0.4, -0.2) is 48.3 Å². The van der Waals surface area contributed by atoms with Gasteiger partial charge in [0.05, 0.1) is 18.2 Å². The molecule has 0 radical (unpaired) electrons. The molecule has 1 saturated heterocycles. The number of nitrogens with one attached hydrogen (secondary N) is 1. The van der Waals surface area contributed by atoms with E-state index in [-0.39, 0.29) is 16.9 Å². The quantitative estimate of drug-likeness (QED) is 0.635. The molecule has 3 amide bonds. The van der Waals surface area contributed by atoms with Crippen molar-refractivity contribution in [2.45, 2.75) is 18.9 Å². The van der Waals surface area contributed by atoms with Crippen molar-refractivity contribution in [3.8, 4) is 5.75 Å². The van der Waals surface area contributed by atoms with E-state index in [1.807, 2.05) is 0 Å². The monoisotopic (exact) mass is 344 g/mol. The summed E-state index contributed by atoms with van der Waals surface area (Å²) in [6, 6.07) is 3.62. The van der Waals surface area contributed by atoms with Crippen LogP contribution in [0.4, 0.5) is 0 Å². The number of hydrogen-bond donors (Lipinski definition) is 1. The highest BCUT2D eigenvalue weighted by molar-refractivity contribution is 6.24. The van der Waals surface area contributed by atoms with Crippen molar-refractivity contribution in [2.24, 2.45) is 0 Å². The average molecular weight is 344 g/mol. The van der Waals surface area contributed by atoms with E-state index in [4.69, 9.17) is 4.74 Å². The molecule has 0 saturated carbocycles. The number of carbonyl (C=O) groups excluding carboxylic acids is 4. The van der Waals surface area contributed by atoms with E-state index in [0.717, 1.165) is 4.90 Å². The zero-order valence-electron chi connectivity index (χ0n) is 13.5. The molecule has 0 spiro atoms. The molecule has 2 aliphatic rings. The van der Waals surface area contributed by atoms with Crippen molar-refractivity contribution in [1.82, 2.24) is 10.2 Å². The summed E-state index contributed by atoms with van der Waals surface area (Å²) >= 11 is 0. The highest BCUT2D eigenvalue weighted by atomic mass is 16.6. The fourth-order valence-corrected chi connectivity index (χ4v) is 2.88. The summed E-state index contributed by atoms with van der Waals surface area (Å²) < 4.78 is 9.80. The van der Waals surface area contributed by atoms with Crippen LogP contribution in [0.2, 0.25) is 0 Å². The van der Waals surface area contributed by atoms with Crippen LogP contribution in [-0.2, 0) is 14.3 Å². The van der Waals surface area contributed by atoms with Crippen LogP contribution in [0.25, 0.3) is 0 Å². The van der Waals surface area contributed by atoms with Crippen LogP contribution in [0.5, 0.6) is 5.75 Å². The molecule has 8 heteroatoms. The van der Waals surface area contributed by atoms with E-state index >= 15 is 0 Å². The molecule has 0 bridgehead atoms. The standard InChI is InChI=1S/C17H16N2O6/c1-9-6-7-11(15(21)18-9)19-16(22)10-4-3-5-12(14(10)17(19)23)25-8-13(20)24-2/h3-5,11H,1,6-8H2,2H3,(H,18,21). The number of imide groups is 1. The minimum Gasteiger partial charge on any atom is -0.481 e. The number of carbonyl (C=O) groups is 4. The molecular formula is C17H16N2O6. The van der Waals surface area contributed by atoms with E-state index < -0.39 is 36.3 Å². The van der Waals surface area contributed by atoms with Gasteiger partial charge >= 0.3 is 5.97 Å². The Morgan fingerprint density at radius 3 is 2.76 bits per heavy atom. The number of methoxy groups -OCH3 is 1. The Morgan fingerprint density at radius 1 is 1.32 bits per heavy atom. The molecule has 1 aromatic carbocycles. The maximum Gasteiger partial charge on any atom is 0.343 e. The summed E-state index contributed by atoms with van der Waals surface area (Å²) in [4.78, 5) is 49.8. The van der Waals surface area contributed by atoms with Gasteiger partial charge in [-0.15, -0.1) is 0 Å². The molecule has 2 heterocycles. The maximum atomic E-state index is 12.8. The van der Waals surface area contributed by atoms with Gasteiger partial charge in [0, 0.05) is 5.70 Å². The molecule has 1 N–H and O–H groups in total. The van der Waals surface area contributed by atoms with E-state index in [1.165, 1.54) is 19.2 Å². The summed E-state index contributed by atoms with van der Waals surface area (Å²) in [7, 11) is 1.22. The van der Waals surface area contributed by atoms with Gasteiger partial charge in [0.2, 0.25) is 5.91 Å². The lowest BCUT2D eigenvalue weighted by molar-refractivity contribution is -0.142. The number of amides is 3. The lowest BCUT2D eigenvalue weighted by atomic mass is 10.0. The number of rotatable bonds is 4. The number of esters is 1. The smallest absolute Gasteiger partial charge is 0.343 e. The molecular weight excluding hydrogens is 328 g/mol. The fraction of sp³-hybridized carbons (Fsp3) is 0.294. The summed E-state index contributed by atoms with van der Waals surface area (Å²) in [5.74, 6) is -2.13. The molecule has 8 nitrogen and oxygen atoms in total. The molecule has 0 aliphatic carbocycles. The first kappa shape index (κ1) is 16.7. The lowest BCUT2D eigenvalue weighted by Gasteiger charge is -2.29. The Hall–Kier alpha value is -3.16. The van der Waals surface area contributed by atoms with Crippen LogP contribution in [0.1, 0.15) is 33.6 Å². The Bertz CT molecular complexity index is 800. The molecule has 0 aromatic heterocycles. The number of fused-ring (bicyclic) bond motifs is 1. The van der Waals surface area contributed by atoms with E-state index in [9.17, 15) is 19.2 Å². The van der Waals surface area contributed by atoms with Crippen molar-refractivity contribution in [3.05, 3.63) is 41.6 Å². The minimum atomic E-state index is -0.897. The highest BCUT2D eigenvalue weighted by Gasteiger charge is 2.45. The van der Waals surface area contributed by atoms with Gasteiger partial charge in [-0.05, 0) is 25.0 Å². The van der Waals surface area contributed by atoms with Gasteiger partial charge in [-0.25, -0.2) is 4.79 Å². The van der Waals surface area contributed by atoms with Gasteiger partial charge in [0.1, 0.15) is 11.8 Å². The first-order valence-electron chi connectivity index (χ1n) is 7.63. The molecule has 1 unspecified atom stereocenters. The Balaban J connectivity index is 1.90.